The van der Waals surface area contributed by atoms with Gasteiger partial charge in [-0.05, 0) is 48.4 Å². The van der Waals surface area contributed by atoms with Crippen molar-refractivity contribution in [3.63, 3.8) is 0 Å². The van der Waals surface area contributed by atoms with Crippen LogP contribution in [0.5, 0.6) is 0 Å². The van der Waals surface area contributed by atoms with E-state index in [1.54, 1.807) is 12.1 Å². The maximum atomic E-state index is 13.4. The number of halogens is 4. The molecule has 1 atom stereocenters. The molecule has 0 bridgehead atoms. The molecule has 0 fully saturated rings. The fourth-order valence-electron chi connectivity index (χ4n) is 2.20. The van der Waals surface area contributed by atoms with E-state index in [4.69, 9.17) is 11.6 Å². The Kier molecular flexibility index (Phi) is 5.26. The maximum Gasteiger partial charge on any atom is 0.160 e. The molecule has 0 aliphatic heterocycles. The molecule has 2 aromatic rings. The first-order valence-electron chi connectivity index (χ1n) is 6.63. The molecule has 1 nitrogen and oxygen atoms in total. The highest BCUT2D eigenvalue weighted by molar-refractivity contribution is 6.31. The zero-order valence-corrected chi connectivity index (χ0v) is 12.2. The summed E-state index contributed by atoms with van der Waals surface area (Å²) in [7, 11) is 0. The van der Waals surface area contributed by atoms with E-state index in [0.717, 1.165) is 17.7 Å². The van der Waals surface area contributed by atoms with Crippen molar-refractivity contribution in [1.29, 1.82) is 0 Å². The van der Waals surface area contributed by atoms with Gasteiger partial charge in [-0.25, -0.2) is 13.2 Å². The van der Waals surface area contributed by atoms with E-state index < -0.39 is 11.6 Å². The van der Waals surface area contributed by atoms with Crippen molar-refractivity contribution in [2.45, 2.75) is 19.4 Å². The molecule has 5 heteroatoms. The Balaban J connectivity index is 2.30. The molecule has 1 unspecified atom stereocenters. The second kappa shape index (κ2) is 6.96. The summed E-state index contributed by atoms with van der Waals surface area (Å²) in [5.74, 6) is -2.22. The summed E-state index contributed by atoms with van der Waals surface area (Å²) < 4.78 is 39.5. The van der Waals surface area contributed by atoms with E-state index >= 15 is 0 Å². The molecule has 0 aliphatic rings. The van der Waals surface area contributed by atoms with Gasteiger partial charge in [-0.1, -0.05) is 30.7 Å². The van der Waals surface area contributed by atoms with Crippen LogP contribution in [0.25, 0.3) is 0 Å². The minimum Gasteiger partial charge on any atom is -0.310 e. The SMILES string of the molecule is CCNC(Cc1ccc(F)cc1)c1cc(F)c(F)cc1Cl. The Labute approximate surface area is 126 Å². The Morgan fingerprint density at radius 2 is 1.67 bits per heavy atom. The van der Waals surface area contributed by atoms with Crippen molar-refractivity contribution in [3.8, 4) is 0 Å². The predicted molar refractivity (Wildman–Crippen MR) is 77.9 cm³/mol. The molecule has 21 heavy (non-hydrogen) atoms. The van der Waals surface area contributed by atoms with Crippen LogP contribution >= 0.6 is 11.6 Å². The fraction of sp³-hybridized carbons (Fsp3) is 0.250. The maximum absolute atomic E-state index is 13.4. The highest BCUT2D eigenvalue weighted by Gasteiger charge is 2.17. The number of hydrogen-bond acceptors (Lipinski definition) is 1. The first kappa shape index (κ1) is 15.9. The molecule has 0 aliphatic carbocycles. The van der Waals surface area contributed by atoms with Gasteiger partial charge in [0.2, 0.25) is 0 Å². The zero-order valence-electron chi connectivity index (χ0n) is 11.5. The molecule has 0 spiro atoms. The molecule has 1 N–H and O–H groups in total. The Morgan fingerprint density at radius 3 is 2.29 bits per heavy atom. The van der Waals surface area contributed by atoms with Gasteiger partial charge < -0.3 is 5.32 Å². The third-order valence-corrected chi connectivity index (χ3v) is 3.55. The summed E-state index contributed by atoms with van der Waals surface area (Å²) in [5.41, 5.74) is 1.37. The standard InChI is InChI=1S/C16H15ClF3N/c1-2-21-16(7-10-3-5-11(18)6-4-10)12-8-14(19)15(20)9-13(12)17/h3-6,8-9,16,21H,2,7H2,1H3. The van der Waals surface area contributed by atoms with Crippen LogP contribution in [0.15, 0.2) is 36.4 Å². The summed E-state index contributed by atoms with van der Waals surface area (Å²) in [4.78, 5) is 0. The summed E-state index contributed by atoms with van der Waals surface area (Å²) in [6, 6.07) is 7.86. The highest BCUT2D eigenvalue weighted by atomic mass is 35.5. The van der Waals surface area contributed by atoms with E-state index in [-0.39, 0.29) is 16.9 Å². The lowest BCUT2D eigenvalue weighted by Crippen LogP contribution is -2.23. The van der Waals surface area contributed by atoms with Gasteiger partial charge in [-0.3, -0.25) is 0 Å². The van der Waals surface area contributed by atoms with Crippen LogP contribution in [0, 0.1) is 17.5 Å². The number of rotatable bonds is 5. The van der Waals surface area contributed by atoms with Crippen LogP contribution in [0.2, 0.25) is 5.02 Å². The predicted octanol–water partition coefficient (Wildman–Crippen LogP) is 4.65. The smallest absolute Gasteiger partial charge is 0.160 e. The first-order chi connectivity index (χ1) is 10.0. The normalized spacial score (nSPS) is 12.4. The summed E-state index contributed by atoms with van der Waals surface area (Å²) in [5, 5.41) is 3.35. The topological polar surface area (TPSA) is 12.0 Å². The number of nitrogens with one attached hydrogen (secondary N) is 1. The van der Waals surface area contributed by atoms with Gasteiger partial charge in [-0.15, -0.1) is 0 Å². The molecule has 0 saturated carbocycles. The first-order valence-corrected chi connectivity index (χ1v) is 7.01. The van der Waals surface area contributed by atoms with Crippen molar-refractivity contribution in [2.24, 2.45) is 0 Å². The quantitative estimate of drug-likeness (QED) is 0.792. The van der Waals surface area contributed by atoms with Crippen molar-refractivity contribution >= 4 is 11.6 Å². The second-order valence-electron chi connectivity index (χ2n) is 4.73. The van der Waals surface area contributed by atoms with Gasteiger partial charge in [-0.2, -0.15) is 0 Å². The molecule has 0 aromatic heterocycles. The van der Waals surface area contributed by atoms with E-state index in [9.17, 15) is 13.2 Å². The van der Waals surface area contributed by atoms with Crippen molar-refractivity contribution in [2.75, 3.05) is 6.54 Å². The third-order valence-electron chi connectivity index (χ3n) is 3.22. The van der Waals surface area contributed by atoms with E-state index in [2.05, 4.69) is 5.32 Å². The van der Waals surface area contributed by atoms with Crippen LogP contribution in [0.3, 0.4) is 0 Å². The monoisotopic (exact) mass is 313 g/mol. The summed E-state index contributed by atoms with van der Waals surface area (Å²) in [6.45, 7) is 2.55. The number of hydrogen-bond donors (Lipinski definition) is 1. The Bertz CT molecular complexity index is 614. The van der Waals surface area contributed by atoms with Gasteiger partial charge >= 0.3 is 0 Å². The van der Waals surface area contributed by atoms with Crippen LogP contribution in [-0.4, -0.2) is 6.54 Å². The van der Waals surface area contributed by atoms with Crippen LogP contribution in [-0.2, 0) is 6.42 Å². The number of benzene rings is 2. The molecule has 0 heterocycles. The summed E-state index contributed by atoms with van der Waals surface area (Å²) in [6.07, 6.45) is 0.499. The molecule has 0 amide bonds. The molecule has 0 saturated heterocycles. The van der Waals surface area contributed by atoms with Crippen molar-refractivity contribution in [1.82, 2.24) is 5.32 Å². The molecule has 0 radical (unpaired) electrons. The Hall–Kier alpha value is -1.52. The molecular weight excluding hydrogens is 299 g/mol. The van der Waals surface area contributed by atoms with Crippen LogP contribution < -0.4 is 5.32 Å². The van der Waals surface area contributed by atoms with E-state index in [1.807, 2.05) is 6.92 Å². The average Bonchev–Trinajstić information content (AvgIpc) is 2.45. The fourth-order valence-corrected chi connectivity index (χ4v) is 2.48. The summed E-state index contributed by atoms with van der Waals surface area (Å²) >= 11 is 6.02. The third kappa shape index (κ3) is 3.99. The number of likely N-dealkylation sites (N-methyl/N-ethyl adjacent to an activating group) is 1. The van der Waals surface area contributed by atoms with Crippen LogP contribution in [0.4, 0.5) is 13.2 Å². The van der Waals surface area contributed by atoms with Crippen molar-refractivity contribution in [3.05, 3.63) is 70.0 Å². The van der Waals surface area contributed by atoms with Crippen LogP contribution in [0.1, 0.15) is 24.1 Å². The lowest BCUT2D eigenvalue weighted by atomic mass is 9.98. The van der Waals surface area contributed by atoms with Gasteiger partial charge in [0.1, 0.15) is 5.82 Å². The van der Waals surface area contributed by atoms with Gasteiger partial charge in [0.05, 0.1) is 0 Å². The molecule has 2 aromatic carbocycles. The average molecular weight is 314 g/mol. The van der Waals surface area contributed by atoms with Gasteiger partial charge in [0.25, 0.3) is 0 Å². The minimum atomic E-state index is -0.971. The largest absolute Gasteiger partial charge is 0.310 e. The molecule has 112 valence electrons. The van der Waals surface area contributed by atoms with E-state index in [1.165, 1.54) is 12.1 Å². The highest BCUT2D eigenvalue weighted by Crippen LogP contribution is 2.28. The second-order valence-corrected chi connectivity index (χ2v) is 5.14. The lowest BCUT2D eigenvalue weighted by Gasteiger charge is -2.20. The molecular formula is C16H15ClF3N. The molecule has 2 rings (SSSR count). The van der Waals surface area contributed by atoms with Gasteiger partial charge in [0, 0.05) is 11.1 Å². The lowest BCUT2D eigenvalue weighted by molar-refractivity contribution is 0.497. The Morgan fingerprint density at radius 1 is 1.05 bits per heavy atom. The van der Waals surface area contributed by atoms with Crippen molar-refractivity contribution < 1.29 is 13.2 Å². The van der Waals surface area contributed by atoms with E-state index in [0.29, 0.717) is 18.5 Å². The zero-order chi connectivity index (χ0) is 15.4. The minimum absolute atomic E-state index is 0.168. The van der Waals surface area contributed by atoms with Gasteiger partial charge in [0.15, 0.2) is 11.6 Å².